The highest BCUT2D eigenvalue weighted by atomic mass is 16.4. The highest BCUT2D eigenvalue weighted by Gasteiger charge is 2.14. The minimum atomic E-state index is 0.384. The first-order valence-electron chi connectivity index (χ1n) is 8.11. The summed E-state index contributed by atoms with van der Waals surface area (Å²) in [5.41, 5.74) is 1.88. The maximum absolute atomic E-state index is 5.61. The normalized spacial score (nSPS) is 14.3. The Morgan fingerprint density at radius 1 is 1.17 bits per heavy atom. The molecule has 1 saturated heterocycles. The monoisotopic (exact) mass is 325 g/mol. The molecule has 3 aromatic rings. The van der Waals surface area contributed by atoms with Crippen LogP contribution in [0.2, 0.25) is 0 Å². The van der Waals surface area contributed by atoms with Crippen molar-refractivity contribution in [3.63, 3.8) is 0 Å². The van der Waals surface area contributed by atoms with Gasteiger partial charge in [0.25, 0.3) is 5.89 Å². The molecule has 24 heavy (non-hydrogen) atoms. The van der Waals surface area contributed by atoms with Crippen LogP contribution < -0.4 is 10.2 Å². The van der Waals surface area contributed by atoms with Gasteiger partial charge in [-0.2, -0.15) is 0 Å². The average Bonchev–Trinajstić information content (AvgIpc) is 3.35. The first kappa shape index (κ1) is 14.7. The van der Waals surface area contributed by atoms with Gasteiger partial charge < -0.3 is 19.1 Å². The largest absolute Gasteiger partial charge is 0.469 e. The maximum atomic E-state index is 5.61. The third kappa shape index (κ3) is 2.97. The van der Waals surface area contributed by atoms with Gasteiger partial charge >= 0.3 is 6.01 Å². The van der Waals surface area contributed by atoms with E-state index >= 15 is 0 Å². The van der Waals surface area contributed by atoms with Crippen molar-refractivity contribution in [3.05, 3.63) is 42.0 Å². The Balaban J connectivity index is 1.38. The molecule has 1 fully saturated rings. The molecule has 0 spiro atoms. The molecule has 7 nitrogen and oxygen atoms in total. The number of pyridine rings is 1. The second kappa shape index (κ2) is 6.35. The van der Waals surface area contributed by atoms with Crippen LogP contribution in [0.4, 0.5) is 11.8 Å². The molecule has 4 heterocycles. The van der Waals surface area contributed by atoms with Crippen molar-refractivity contribution in [1.29, 1.82) is 0 Å². The van der Waals surface area contributed by atoms with Gasteiger partial charge in [0.05, 0.1) is 11.8 Å². The molecule has 1 N–H and O–H groups in total. The smallest absolute Gasteiger partial charge is 0.316 e. The van der Waals surface area contributed by atoms with Crippen LogP contribution in [-0.2, 0) is 6.54 Å². The molecule has 0 aliphatic carbocycles. The molecular weight excluding hydrogens is 306 g/mol. The molecule has 1 aliphatic heterocycles. The quantitative estimate of drug-likeness (QED) is 0.771. The highest BCUT2D eigenvalue weighted by molar-refractivity contribution is 5.55. The van der Waals surface area contributed by atoms with E-state index in [1.807, 2.05) is 19.2 Å². The fourth-order valence-corrected chi connectivity index (χ4v) is 2.84. The molecule has 0 unspecified atom stereocenters. The molecule has 124 valence electrons. The Hall–Kier alpha value is -2.83. The topological polar surface area (TPSA) is 80.2 Å². The number of rotatable bonds is 5. The molecule has 1 aliphatic rings. The SMILES string of the molecule is Cc1occc1-c1nnc(NCc2ccc(N3CCCC3)nc2)o1. The van der Waals surface area contributed by atoms with Gasteiger partial charge in [-0.1, -0.05) is 11.2 Å². The third-order valence-corrected chi connectivity index (χ3v) is 4.20. The van der Waals surface area contributed by atoms with E-state index in [1.165, 1.54) is 12.8 Å². The molecule has 0 radical (unpaired) electrons. The molecular formula is C17H19N5O2. The van der Waals surface area contributed by atoms with Crippen molar-refractivity contribution < 1.29 is 8.83 Å². The van der Waals surface area contributed by atoms with Gasteiger partial charge in [0.15, 0.2) is 0 Å². The highest BCUT2D eigenvalue weighted by Crippen LogP contribution is 2.24. The lowest BCUT2D eigenvalue weighted by molar-refractivity contribution is 0.530. The van der Waals surface area contributed by atoms with Crippen molar-refractivity contribution in [1.82, 2.24) is 15.2 Å². The van der Waals surface area contributed by atoms with Gasteiger partial charge in [-0.3, -0.25) is 0 Å². The van der Waals surface area contributed by atoms with Gasteiger partial charge in [0, 0.05) is 25.8 Å². The van der Waals surface area contributed by atoms with Gasteiger partial charge in [0.1, 0.15) is 11.6 Å². The minimum absolute atomic E-state index is 0.384. The predicted molar refractivity (Wildman–Crippen MR) is 89.7 cm³/mol. The summed E-state index contributed by atoms with van der Waals surface area (Å²) in [5, 5.41) is 11.2. The van der Waals surface area contributed by atoms with Crippen LogP contribution in [0.3, 0.4) is 0 Å². The molecule has 4 rings (SSSR count). The summed E-state index contributed by atoms with van der Waals surface area (Å²) < 4.78 is 10.9. The first-order valence-corrected chi connectivity index (χ1v) is 8.11. The zero-order valence-electron chi connectivity index (χ0n) is 13.5. The van der Waals surface area contributed by atoms with E-state index in [1.54, 1.807) is 6.26 Å². The molecule has 3 aromatic heterocycles. The first-order chi connectivity index (χ1) is 11.8. The van der Waals surface area contributed by atoms with E-state index in [0.717, 1.165) is 35.8 Å². The lowest BCUT2D eigenvalue weighted by Crippen LogP contribution is -2.18. The van der Waals surface area contributed by atoms with Gasteiger partial charge in [-0.15, -0.1) is 5.10 Å². The summed E-state index contributed by atoms with van der Waals surface area (Å²) in [6.45, 7) is 4.64. The summed E-state index contributed by atoms with van der Waals surface area (Å²) in [7, 11) is 0. The number of nitrogens with zero attached hydrogens (tertiary/aromatic N) is 4. The van der Waals surface area contributed by atoms with E-state index in [4.69, 9.17) is 8.83 Å². The minimum Gasteiger partial charge on any atom is -0.469 e. The van der Waals surface area contributed by atoms with Crippen LogP contribution in [0.25, 0.3) is 11.5 Å². The van der Waals surface area contributed by atoms with E-state index in [-0.39, 0.29) is 0 Å². The van der Waals surface area contributed by atoms with Crippen LogP contribution in [0.15, 0.2) is 39.5 Å². The number of hydrogen-bond acceptors (Lipinski definition) is 7. The summed E-state index contributed by atoms with van der Waals surface area (Å²) in [5.74, 6) is 2.25. The van der Waals surface area contributed by atoms with Crippen molar-refractivity contribution >= 4 is 11.8 Å². The number of nitrogens with one attached hydrogen (secondary N) is 1. The van der Waals surface area contributed by atoms with Crippen LogP contribution in [-0.4, -0.2) is 28.3 Å². The summed E-state index contributed by atoms with van der Waals surface area (Å²) >= 11 is 0. The Labute approximate surface area is 139 Å². The second-order valence-corrected chi connectivity index (χ2v) is 5.88. The lowest BCUT2D eigenvalue weighted by Gasteiger charge is -2.16. The number of furan rings is 1. The summed E-state index contributed by atoms with van der Waals surface area (Å²) in [6.07, 6.45) is 6.00. The molecule has 0 saturated carbocycles. The summed E-state index contributed by atoms with van der Waals surface area (Å²) in [6, 6.07) is 6.34. The van der Waals surface area contributed by atoms with Gasteiger partial charge in [-0.25, -0.2) is 4.98 Å². The Kier molecular flexibility index (Phi) is 3.90. The van der Waals surface area contributed by atoms with E-state index in [9.17, 15) is 0 Å². The lowest BCUT2D eigenvalue weighted by atomic mass is 10.3. The van der Waals surface area contributed by atoms with Crippen molar-refractivity contribution in [2.24, 2.45) is 0 Å². The van der Waals surface area contributed by atoms with E-state index in [0.29, 0.717) is 18.5 Å². The molecule has 0 bridgehead atoms. The van der Waals surface area contributed by atoms with Gasteiger partial charge in [0.2, 0.25) is 0 Å². The average molecular weight is 325 g/mol. The van der Waals surface area contributed by atoms with Crippen molar-refractivity contribution in [2.45, 2.75) is 26.3 Å². The predicted octanol–water partition coefficient (Wildman–Crippen LogP) is 3.25. The number of aryl methyl sites for hydroxylation is 1. The van der Waals surface area contributed by atoms with Crippen molar-refractivity contribution in [2.75, 3.05) is 23.3 Å². The Morgan fingerprint density at radius 3 is 2.75 bits per heavy atom. The number of aromatic nitrogens is 3. The fourth-order valence-electron chi connectivity index (χ4n) is 2.84. The van der Waals surface area contributed by atoms with E-state index in [2.05, 4.69) is 37.5 Å². The van der Waals surface area contributed by atoms with Gasteiger partial charge in [-0.05, 0) is 37.5 Å². The fraction of sp³-hybridized carbons (Fsp3) is 0.353. The standard InChI is InChI=1S/C17H19N5O2/c1-12-14(6-9-23-12)16-20-21-17(24-16)19-11-13-4-5-15(18-10-13)22-7-2-3-8-22/h4-6,9-10H,2-3,7-8,11H2,1H3,(H,19,21). The maximum Gasteiger partial charge on any atom is 0.316 e. The second-order valence-electron chi connectivity index (χ2n) is 5.88. The van der Waals surface area contributed by atoms with Crippen LogP contribution >= 0.6 is 0 Å². The third-order valence-electron chi connectivity index (χ3n) is 4.20. The molecule has 7 heteroatoms. The molecule has 0 amide bonds. The molecule has 0 atom stereocenters. The number of anilines is 2. The van der Waals surface area contributed by atoms with Crippen molar-refractivity contribution in [3.8, 4) is 11.5 Å². The Morgan fingerprint density at radius 2 is 2.04 bits per heavy atom. The van der Waals surface area contributed by atoms with Crippen LogP contribution in [0, 0.1) is 6.92 Å². The van der Waals surface area contributed by atoms with E-state index < -0.39 is 0 Å². The molecule has 0 aromatic carbocycles. The number of hydrogen-bond donors (Lipinski definition) is 1. The van der Waals surface area contributed by atoms with Crippen LogP contribution in [0.1, 0.15) is 24.2 Å². The zero-order chi connectivity index (χ0) is 16.4. The Bertz CT molecular complexity index is 803. The van der Waals surface area contributed by atoms with Crippen LogP contribution in [0.5, 0.6) is 0 Å². The zero-order valence-corrected chi connectivity index (χ0v) is 13.5. The summed E-state index contributed by atoms with van der Waals surface area (Å²) in [4.78, 5) is 6.85.